The molecule has 3 rings (SSSR count). The van der Waals surface area contributed by atoms with Gasteiger partial charge in [0.1, 0.15) is 18.2 Å². The minimum Gasteiger partial charge on any atom is -0.491 e. The SMILES string of the molecule is CO[C@@H]1CN(C)C(=O)c2ccc(NC(=O)c3ccccc3F)cc2OC[C@@H](C)N(C)C[C@H]1C. The number of methoxy groups -OCH3 is 1. The van der Waals surface area contributed by atoms with Crippen molar-refractivity contribution in [3.05, 3.63) is 59.4 Å². The number of ether oxygens (including phenoxy) is 2. The zero-order valence-electron chi connectivity index (χ0n) is 19.8. The van der Waals surface area contributed by atoms with E-state index in [1.165, 1.54) is 18.2 Å². The number of nitrogens with zero attached hydrogens (tertiary/aromatic N) is 2. The van der Waals surface area contributed by atoms with Crippen molar-refractivity contribution in [1.82, 2.24) is 9.80 Å². The lowest BCUT2D eigenvalue weighted by Gasteiger charge is -2.34. The zero-order chi connectivity index (χ0) is 24.1. The summed E-state index contributed by atoms with van der Waals surface area (Å²) in [5.74, 6) is -0.802. The van der Waals surface area contributed by atoms with Gasteiger partial charge in [0.25, 0.3) is 11.8 Å². The third kappa shape index (κ3) is 5.89. The molecule has 0 unspecified atom stereocenters. The number of anilines is 1. The van der Waals surface area contributed by atoms with Crippen LogP contribution in [0.5, 0.6) is 5.75 Å². The van der Waals surface area contributed by atoms with Crippen molar-refractivity contribution in [2.45, 2.75) is 26.0 Å². The highest BCUT2D eigenvalue weighted by Crippen LogP contribution is 2.27. The van der Waals surface area contributed by atoms with Crippen molar-refractivity contribution in [3.8, 4) is 5.75 Å². The normalized spacial score (nSPS) is 22.5. The zero-order valence-corrected chi connectivity index (χ0v) is 19.8. The number of fused-ring (bicyclic) bond motifs is 1. The van der Waals surface area contributed by atoms with Crippen LogP contribution in [0.4, 0.5) is 10.1 Å². The molecule has 0 saturated carbocycles. The van der Waals surface area contributed by atoms with Crippen LogP contribution in [0.2, 0.25) is 0 Å². The van der Waals surface area contributed by atoms with Crippen LogP contribution in [0, 0.1) is 11.7 Å². The number of carbonyl (C=O) groups is 2. The van der Waals surface area contributed by atoms with E-state index >= 15 is 0 Å². The van der Waals surface area contributed by atoms with Crippen LogP contribution in [0.25, 0.3) is 0 Å². The van der Waals surface area contributed by atoms with Crippen molar-refractivity contribution in [3.63, 3.8) is 0 Å². The second-order valence-corrected chi connectivity index (χ2v) is 8.68. The third-order valence-electron chi connectivity index (χ3n) is 6.13. The number of likely N-dealkylation sites (N-methyl/N-ethyl adjacent to an activating group) is 2. The Labute approximate surface area is 194 Å². The van der Waals surface area contributed by atoms with Crippen molar-refractivity contribution < 1.29 is 23.5 Å². The summed E-state index contributed by atoms with van der Waals surface area (Å²) in [7, 11) is 5.43. The van der Waals surface area contributed by atoms with Crippen LogP contribution in [0.1, 0.15) is 34.6 Å². The number of hydrogen-bond donors (Lipinski definition) is 1. The summed E-state index contributed by atoms with van der Waals surface area (Å²) in [6, 6.07) is 10.7. The smallest absolute Gasteiger partial charge is 0.258 e. The quantitative estimate of drug-likeness (QED) is 0.764. The van der Waals surface area contributed by atoms with Crippen LogP contribution in [0.15, 0.2) is 42.5 Å². The highest BCUT2D eigenvalue weighted by Gasteiger charge is 2.27. The molecule has 2 aromatic rings. The predicted octanol–water partition coefficient (Wildman–Crippen LogP) is 3.51. The van der Waals surface area contributed by atoms with Gasteiger partial charge in [0.2, 0.25) is 0 Å². The largest absolute Gasteiger partial charge is 0.491 e. The second kappa shape index (κ2) is 10.8. The van der Waals surface area contributed by atoms with Gasteiger partial charge in [0.05, 0.1) is 17.2 Å². The van der Waals surface area contributed by atoms with Gasteiger partial charge in [0.15, 0.2) is 0 Å². The first-order valence-electron chi connectivity index (χ1n) is 11.0. The lowest BCUT2D eigenvalue weighted by molar-refractivity contribution is 0.0150. The van der Waals surface area contributed by atoms with E-state index in [-0.39, 0.29) is 29.5 Å². The maximum Gasteiger partial charge on any atom is 0.258 e. The number of carbonyl (C=O) groups excluding carboxylic acids is 2. The molecule has 1 heterocycles. The molecule has 0 aliphatic carbocycles. The Morgan fingerprint density at radius 3 is 2.58 bits per heavy atom. The van der Waals surface area contributed by atoms with Crippen LogP contribution in [0.3, 0.4) is 0 Å². The van der Waals surface area contributed by atoms with E-state index in [0.29, 0.717) is 30.2 Å². The highest BCUT2D eigenvalue weighted by molar-refractivity contribution is 6.05. The fraction of sp³-hybridized carbons (Fsp3) is 0.440. The lowest BCUT2D eigenvalue weighted by Crippen LogP contribution is -2.45. The van der Waals surface area contributed by atoms with E-state index in [0.717, 1.165) is 6.54 Å². The van der Waals surface area contributed by atoms with E-state index in [2.05, 4.69) is 24.1 Å². The van der Waals surface area contributed by atoms with Crippen molar-refractivity contribution in [2.24, 2.45) is 5.92 Å². The molecule has 0 bridgehead atoms. The Kier molecular flexibility index (Phi) is 8.05. The molecule has 2 aromatic carbocycles. The van der Waals surface area contributed by atoms with Gasteiger partial charge in [-0.05, 0) is 44.2 Å². The summed E-state index contributed by atoms with van der Waals surface area (Å²) in [5.41, 5.74) is 0.741. The Morgan fingerprint density at radius 1 is 1.15 bits per heavy atom. The molecular formula is C25H32FN3O4. The summed E-state index contributed by atoms with van der Waals surface area (Å²) in [6.45, 7) is 5.74. The fourth-order valence-electron chi connectivity index (χ4n) is 3.87. The van der Waals surface area contributed by atoms with E-state index < -0.39 is 11.7 Å². The molecule has 33 heavy (non-hydrogen) atoms. The lowest BCUT2D eigenvalue weighted by atomic mass is 10.0. The van der Waals surface area contributed by atoms with E-state index in [9.17, 15) is 14.0 Å². The first kappa shape index (κ1) is 24.7. The topological polar surface area (TPSA) is 71.1 Å². The molecular weight excluding hydrogens is 425 g/mol. The number of amides is 2. The molecule has 1 aliphatic heterocycles. The van der Waals surface area contributed by atoms with Gasteiger partial charge in [0, 0.05) is 45.0 Å². The van der Waals surface area contributed by atoms with Crippen molar-refractivity contribution in [1.29, 1.82) is 0 Å². The Balaban J connectivity index is 1.91. The predicted molar refractivity (Wildman–Crippen MR) is 125 cm³/mol. The van der Waals surface area contributed by atoms with E-state index in [4.69, 9.17) is 9.47 Å². The Morgan fingerprint density at radius 2 is 1.88 bits per heavy atom. The molecule has 0 saturated heterocycles. The van der Waals surface area contributed by atoms with Gasteiger partial charge < -0.3 is 19.7 Å². The molecule has 0 radical (unpaired) electrons. The summed E-state index contributed by atoms with van der Waals surface area (Å²) >= 11 is 0. The molecule has 1 N–H and O–H groups in total. The van der Waals surface area contributed by atoms with Crippen molar-refractivity contribution in [2.75, 3.05) is 46.2 Å². The van der Waals surface area contributed by atoms with Gasteiger partial charge in [-0.1, -0.05) is 19.1 Å². The third-order valence-corrected chi connectivity index (χ3v) is 6.13. The van der Waals surface area contributed by atoms with Gasteiger partial charge in [-0.3, -0.25) is 14.5 Å². The van der Waals surface area contributed by atoms with Crippen LogP contribution < -0.4 is 10.1 Å². The number of hydrogen-bond acceptors (Lipinski definition) is 5. The van der Waals surface area contributed by atoms with Crippen LogP contribution >= 0.6 is 0 Å². The van der Waals surface area contributed by atoms with E-state index in [1.807, 2.05) is 7.05 Å². The van der Waals surface area contributed by atoms with Crippen LogP contribution in [-0.4, -0.2) is 74.7 Å². The molecule has 3 atom stereocenters. The highest BCUT2D eigenvalue weighted by atomic mass is 19.1. The number of nitrogens with one attached hydrogen (secondary N) is 1. The molecule has 0 spiro atoms. The molecule has 2 amide bonds. The second-order valence-electron chi connectivity index (χ2n) is 8.68. The number of halogens is 1. The molecule has 178 valence electrons. The fourth-order valence-corrected chi connectivity index (χ4v) is 3.87. The van der Waals surface area contributed by atoms with Crippen LogP contribution in [-0.2, 0) is 4.74 Å². The number of benzene rings is 2. The van der Waals surface area contributed by atoms with E-state index in [1.54, 1.807) is 43.3 Å². The Hall–Kier alpha value is -2.97. The molecule has 0 aromatic heterocycles. The first-order valence-corrected chi connectivity index (χ1v) is 11.0. The average molecular weight is 458 g/mol. The molecule has 1 aliphatic rings. The average Bonchev–Trinajstić information content (AvgIpc) is 2.79. The molecule has 8 heteroatoms. The maximum atomic E-state index is 14.0. The first-order chi connectivity index (χ1) is 15.7. The monoisotopic (exact) mass is 457 g/mol. The van der Waals surface area contributed by atoms with Crippen molar-refractivity contribution >= 4 is 17.5 Å². The summed E-state index contributed by atoms with van der Waals surface area (Å²) in [6.07, 6.45) is -0.114. The van der Waals surface area contributed by atoms with Gasteiger partial charge in [-0.15, -0.1) is 0 Å². The van der Waals surface area contributed by atoms with Gasteiger partial charge in [-0.25, -0.2) is 4.39 Å². The molecule has 0 fully saturated rings. The standard InChI is InChI=1S/C25H32FN3O4/c1-16-13-28(3)17(2)15-33-22-12-18(27-24(30)19-8-6-7-9-21(19)26)10-11-20(22)25(31)29(4)14-23(16)32-5/h6-12,16-17,23H,13-15H2,1-5H3,(H,27,30)/t16-,17-,23-/m1/s1. The summed E-state index contributed by atoms with van der Waals surface area (Å²) in [4.78, 5) is 29.6. The minimum absolute atomic E-state index is 0.0584. The minimum atomic E-state index is -0.604. The summed E-state index contributed by atoms with van der Waals surface area (Å²) in [5, 5.41) is 2.69. The van der Waals surface area contributed by atoms with Gasteiger partial charge in [-0.2, -0.15) is 0 Å². The van der Waals surface area contributed by atoms with Gasteiger partial charge >= 0.3 is 0 Å². The maximum absolute atomic E-state index is 14.0. The number of rotatable bonds is 3. The summed E-state index contributed by atoms with van der Waals surface area (Å²) < 4.78 is 25.7. The Bertz CT molecular complexity index is 999. The molecule has 7 nitrogen and oxygen atoms in total.